The fourth-order valence-electron chi connectivity index (χ4n) is 2.51. The number of allylic oxidation sites excluding steroid dienone is 5. The summed E-state index contributed by atoms with van der Waals surface area (Å²) in [6.45, 7) is 16.0. The summed E-state index contributed by atoms with van der Waals surface area (Å²) in [7, 11) is -5.20. The molecule has 0 radical (unpaired) electrons. The van der Waals surface area contributed by atoms with Crippen molar-refractivity contribution in [2.24, 2.45) is 5.92 Å². The molecule has 0 saturated carbocycles. The second kappa shape index (κ2) is 11.5. The van der Waals surface area contributed by atoms with Gasteiger partial charge in [0.1, 0.15) is 5.76 Å². The highest BCUT2D eigenvalue weighted by Crippen LogP contribution is 2.52. The Balaban J connectivity index is 2.57. The van der Waals surface area contributed by atoms with Gasteiger partial charge in [-0.2, -0.15) is 0 Å². The Morgan fingerprint density at radius 2 is 1.82 bits per heavy atom. The van der Waals surface area contributed by atoms with Crippen LogP contribution in [0.2, 0.25) is 18.1 Å². The molecule has 1 unspecified atom stereocenters. The molecular weight excluding hydrogens is 391 g/mol. The predicted octanol–water partition coefficient (Wildman–Crippen LogP) is 7.00. The molecule has 0 bridgehead atoms. The maximum Gasteiger partial charge on any atom is 0.529 e. The van der Waals surface area contributed by atoms with Crippen LogP contribution in [0.25, 0.3) is 0 Å². The average Bonchev–Trinajstić information content (AvgIpc) is 2.57. The SMILES string of the molecule is CCOP(=O)(OCC)OC1=CC(/C=C\C=C\CO[Si](C)(C)C(C)(C)C)CCC1. The van der Waals surface area contributed by atoms with Crippen LogP contribution in [0.4, 0.5) is 0 Å². The van der Waals surface area contributed by atoms with E-state index in [9.17, 15) is 4.57 Å². The van der Waals surface area contributed by atoms with Crippen molar-refractivity contribution in [2.45, 2.75) is 72.0 Å². The number of rotatable bonds is 11. The van der Waals surface area contributed by atoms with Crippen molar-refractivity contribution < 1.29 is 22.6 Å². The van der Waals surface area contributed by atoms with Gasteiger partial charge in [-0.05, 0) is 56.8 Å². The van der Waals surface area contributed by atoms with Crippen molar-refractivity contribution in [3.63, 3.8) is 0 Å². The lowest BCUT2D eigenvalue weighted by Gasteiger charge is -2.35. The number of hydrogen-bond donors (Lipinski definition) is 0. The second-order valence-electron chi connectivity index (χ2n) is 8.45. The minimum absolute atomic E-state index is 0.225. The van der Waals surface area contributed by atoms with E-state index in [1.807, 2.05) is 18.2 Å². The maximum atomic E-state index is 12.5. The molecular formula is C21H39O5PSi. The van der Waals surface area contributed by atoms with Crippen LogP contribution >= 0.6 is 7.82 Å². The summed E-state index contributed by atoms with van der Waals surface area (Å²) in [4.78, 5) is 0. The van der Waals surface area contributed by atoms with Gasteiger partial charge < -0.3 is 8.95 Å². The highest BCUT2D eigenvalue weighted by molar-refractivity contribution is 7.48. The van der Waals surface area contributed by atoms with Crippen molar-refractivity contribution in [1.82, 2.24) is 0 Å². The van der Waals surface area contributed by atoms with Crippen LogP contribution in [0.5, 0.6) is 0 Å². The second-order valence-corrected chi connectivity index (χ2v) is 14.9. The van der Waals surface area contributed by atoms with Gasteiger partial charge in [0.15, 0.2) is 8.32 Å². The third kappa shape index (κ3) is 8.79. The molecule has 0 aromatic heterocycles. The fraction of sp³-hybridized carbons (Fsp3) is 0.714. The number of phosphoric ester groups is 1. The molecule has 0 heterocycles. The first-order chi connectivity index (χ1) is 13.0. The molecule has 0 aromatic carbocycles. The zero-order valence-corrected chi connectivity index (χ0v) is 20.6. The molecule has 0 aromatic rings. The molecule has 0 amide bonds. The van der Waals surface area contributed by atoms with E-state index in [4.69, 9.17) is 18.0 Å². The Labute approximate surface area is 172 Å². The van der Waals surface area contributed by atoms with Crippen LogP contribution in [0, 0.1) is 5.92 Å². The van der Waals surface area contributed by atoms with Crippen molar-refractivity contribution >= 4 is 16.1 Å². The van der Waals surface area contributed by atoms with Crippen LogP contribution in [-0.4, -0.2) is 28.1 Å². The van der Waals surface area contributed by atoms with Crippen molar-refractivity contribution in [3.05, 3.63) is 36.1 Å². The molecule has 0 saturated heterocycles. The quantitative estimate of drug-likeness (QED) is 0.201. The summed E-state index contributed by atoms with van der Waals surface area (Å²) >= 11 is 0. The minimum atomic E-state index is -3.50. The lowest BCUT2D eigenvalue weighted by atomic mass is 9.94. The van der Waals surface area contributed by atoms with Gasteiger partial charge in [-0.1, -0.05) is 45.1 Å². The average molecular weight is 431 g/mol. The molecule has 0 N–H and O–H groups in total. The molecule has 1 rings (SSSR count). The molecule has 1 atom stereocenters. The van der Waals surface area contributed by atoms with E-state index in [0.717, 1.165) is 19.3 Å². The molecule has 0 fully saturated rings. The molecule has 162 valence electrons. The number of hydrogen-bond acceptors (Lipinski definition) is 5. The third-order valence-corrected chi connectivity index (χ3v) is 11.2. The van der Waals surface area contributed by atoms with E-state index in [1.165, 1.54) is 0 Å². The lowest BCUT2D eigenvalue weighted by molar-refractivity contribution is 0.141. The summed E-state index contributed by atoms with van der Waals surface area (Å²) in [5.74, 6) is 0.947. The van der Waals surface area contributed by atoms with Gasteiger partial charge >= 0.3 is 7.82 Å². The van der Waals surface area contributed by atoms with Gasteiger partial charge in [-0.25, -0.2) is 4.57 Å². The van der Waals surface area contributed by atoms with E-state index in [1.54, 1.807) is 13.8 Å². The van der Waals surface area contributed by atoms with Gasteiger partial charge in [0.2, 0.25) is 0 Å². The Morgan fingerprint density at radius 1 is 1.18 bits per heavy atom. The van der Waals surface area contributed by atoms with E-state index in [2.05, 4.69) is 46.0 Å². The highest BCUT2D eigenvalue weighted by atomic mass is 31.2. The first-order valence-corrected chi connectivity index (χ1v) is 14.7. The van der Waals surface area contributed by atoms with Gasteiger partial charge in [0, 0.05) is 6.42 Å². The molecule has 7 heteroatoms. The zero-order valence-electron chi connectivity index (χ0n) is 18.7. The van der Waals surface area contributed by atoms with Crippen LogP contribution in [0.15, 0.2) is 36.1 Å². The van der Waals surface area contributed by atoms with Gasteiger partial charge in [-0.15, -0.1) is 0 Å². The first-order valence-electron chi connectivity index (χ1n) is 10.3. The van der Waals surface area contributed by atoms with E-state index in [-0.39, 0.29) is 24.2 Å². The van der Waals surface area contributed by atoms with Gasteiger partial charge in [0.25, 0.3) is 0 Å². The number of phosphoric acid groups is 1. The topological polar surface area (TPSA) is 54.0 Å². The Hall–Kier alpha value is -0.653. The monoisotopic (exact) mass is 430 g/mol. The summed E-state index contributed by atoms with van der Waals surface area (Å²) < 4.78 is 34.7. The van der Waals surface area contributed by atoms with Gasteiger partial charge in [-0.3, -0.25) is 9.05 Å². The first kappa shape index (κ1) is 25.4. The Bertz CT molecular complexity index is 594. The van der Waals surface area contributed by atoms with E-state index in [0.29, 0.717) is 12.4 Å². The predicted molar refractivity (Wildman–Crippen MR) is 119 cm³/mol. The highest BCUT2D eigenvalue weighted by Gasteiger charge is 2.36. The standard InChI is InChI=1S/C21H39O5PSi/c1-8-23-27(22,24-9-2)26-20-16-13-15-19(18-20)14-11-10-12-17-25-28(6,7)21(3,4)5/h10-12,14,18-19H,8-9,13,15-17H2,1-7H3/b12-10+,14-11-. The summed E-state index contributed by atoms with van der Waals surface area (Å²) in [5, 5.41) is 0.225. The molecule has 1 aliphatic rings. The van der Waals surface area contributed by atoms with E-state index < -0.39 is 16.1 Å². The molecule has 1 aliphatic carbocycles. The third-order valence-electron chi connectivity index (χ3n) is 5.12. The maximum absolute atomic E-state index is 12.5. The lowest BCUT2D eigenvalue weighted by Crippen LogP contribution is -2.40. The summed E-state index contributed by atoms with van der Waals surface area (Å²) in [6, 6.07) is 0. The molecule has 0 aliphatic heterocycles. The molecule has 5 nitrogen and oxygen atoms in total. The van der Waals surface area contributed by atoms with Gasteiger partial charge in [0.05, 0.1) is 19.8 Å². The van der Waals surface area contributed by atoms with Crippen LogP contribution < -0.4 is 0 Å². The zero-order chi connectivity index (χ0) is 21.3. The van der Waals surface area contributed by atoms with Crippen LogP contribution in [-0.2, 0) is 22.6 Å². The Kier molecular flexibility index (Phi) is 10.4. The summed E-state index contributed by atoms with van der Waals surface area (Å²) in [6.07, 6.45) is 13.1. The Morgan fingerprint density at radius 3 is 2.39 bits per heavy atom. The van der Waals surface area contributed by atoms with Crippen LogP contribution in [0.3, 0.4) is 0 Å². The summed E-state index contributed by atoms with van der Waals surface area (Å²) in [5.41, 5.74) is 0. The molecule has 0 spiro atoms. The largest absolute Gasteiger partial charge is 0.529 e. The normalized spacial score (nSPS) is 19.4. The van der Waals surface area contributed by atoms with Crippen molar-refractivity contribution in [1.29, 1.82) is 0 Å². The van der Waals surface area contributed by atoms with Crippen molar-refractivity contribution in [2.75, 3.05) is 19.8 Å². The van der Waals surface area contributed by atoms with Crippen molar-refractivity contribution in [3.8, 4) is 0 Å². The fourth-order valence-corrected chi connectivity index (χ4v) is 4.71. The van der Waals surface area contributed by atoms with E-state index >= 15 is 0 Å². The minimum Gasteiger partial charge on any atom is -0.413 e. The smallest absolute Gasteiger partial charge is 0.413 e. The van der Waals surface area contributed by atoms with Crippen LogP contribution in [0.1, 0.15) is 53.9 Å². The molecule has 28 heavy (non-hydrogen) atoms.